The maximum Gasteiger partial charge on any atom is 0.310 e. The number of rotatable bonds is 2. The first kappa shape index (κ1) is 12.9. The summed E-state index contributed by atoms with van der Waals surface area (Å²) in [6.45, 7) is 1.59. The predicted octanol–water partition coefficient (Wildman–Crippen LogP) is 5.31. The van der Waals surface area contributed by atoms with E-state index in [-0.39, 0.29) is 11.3 Å². The Morgan fingerprint density at radius 1 is 1.00 bits per heavy atom. The van der Waals surface area contributed by atoms with E-state index in [1.165, 1.54) is 0 Å². The number of aryl methyl sites for hydroxylation is 1. The van der Waals surface area contributed by atoms with Gasteiger partial charge in [0, 0.05) is 5.56 Å². The molecular formula is C10H8F5NOS. The van der Waals surface area contributed by atoms with Crippen LogP contribution in [0, 0.1) is 6.92 Å². The van der Waals surface area contributed by atoms with E-state index >= 15 is 0 Å². The lowest BCUT2D eigenvalue weighted by Gasteiger charge is -2.40. The number of aromatic nitrogens is 1. The summed E-state index contributed by atoms with van der Waals surface area (Å²) in [7, 11) is -9.60. The fraction of sp³-hybridized carbons (Fsp3) is 0.100. The van der Waals surface area contributed by atoms with Crippen LogP contribution in [0.2, 0.25) is 0 Å². The number of halogens is 5. The molecule has 0 N–H and O–H groups in total. The standard InChI is InChI=1S/C10H8F5NOS/c1-7-10(17-6-16-7)8-2-4-9(5-3-8)18(11,12,13,14)15/h2-6H,1H3. The van der Waals surface area contributed by atoms with Crippen LogP contribution in [0.3, 0.4) is 0 Å². The highest BCUT2D eigenvalue weighted by Gasteiger charge is 2.65. The van der Waals surface area contributed by atoms with Gasteiger partial charge in [-0.3, -0.25) is 0 Å². The third-order valence-corrected chi connectivity index (χ3v) is 3.47. The van der Waals surface area contributed by atoms with E-state index in [0.29, 0.717) is 17.8 Å². The number of benzene rings is 1. The minimum Gasteiger partial charge on any atom is -0.443 e. The second-order valence-corrected chi connectivity index (χ2v) is 6.17. The highest BCUT2D eigenvalue weighted by molar-refractivity contribution is 8.45. The van der Waals surface area contributed by atoms with Crippen LogP contribution >= 0.6 is 10.2 Å². The Kier molecular flexibility index (Phi) is 2.19. The van der Waals surface area contributed by atoms with Crippen molar-refractivity contribution >= 4 is 10.2 Å². The second kappa shape index (κ2) is 3.05. The van der Waals surface area contributed by atoms with Crippen LogP contribution < -0.4 is 0 Å². The van der Waals surface area contributed by atoms with Crippen LogP contribution in [0.1, 0.15) is 5.69 Å². The summed E-state index contributed by atoms with van der Waals surface area (Å²) in [6, 6.07) is 2.55. The third kappa shape index (κ3) is 2.47. The molecule has 0 spiro atoms. The summed E-state index contributed by atoms with van der Waals surface area (Å²) in [4.78, 5) is 1.84. The summed E-state index contributed by atoms with van der Waals surface area (Å²) in [5.74, 6) is 0.253. The van der Waals surface area contributed by atoms with Gasteiger partial charge in [0.05, 0.1) is 5.69 Å². The van der Waals surface area contributed by atoms with Crippen molar-refractivity contribution in [2.45, 2.75) is 11.8 Å². The third-order valence-electron chi connectivity index (χ3n) is 2.31. The molecule has 0 aliphatic heterocycles. The minimum atomic E-state index is -9.60. The molecule has 0 saturated carbocycles. The molecule has 1 aromatic heterocycles. The topological polar surface area (TPSA) is 26.0 Å². The lowest BCUT2D eigenvalue weighted by atomic mass is 10.1. The van der Waals surface area contributed by atoms with Gasteiger partial charge in [0.2, 0.25) is 0 Å². The van der Waals surface area contributed by atoms with Crippen molar-refractivity contribution in [3.8, 4) is 11.3 Å². The van der Waals surface area contributed by atoms with Crippen LogP contribution in [0.25, 0.3) is 11.3 Å². The number of hydrogen-bond donors (Lipinski definition) is 0. The smallest absolute Gasteiger partial charge is 0.310 e. The van der Waals surface area contributed by atoms with Crippen LogP contribution in [0.4, 0.5) is 19.4 Å². The van der Waals surface area contributed by atoms with Gasteiger partial charge in [0.1, 0.15) is 4.90 Å². The van der Waals surface area contributed by atoms with Crippen LogP contribution in [-0.2, 0) is 0 Å². The molecular weight excluding hydrogens is 277 g/mol. The van der Waals surface area contributed by atoms with E-state index in [1.54, 1.807) is 6.92 Å². The molecule has 2 aromatic rings. The van der Waals surface area contributed by atoms with E-state index in [4.69, 9.17) is 4.42 Å². The Bertz CT molecular complexity index is 587. The van der Waals surface area contributed by atoms with Crippen molar-refractivity contribution < 1.29 is 23.8 Å². The van der Waals surface area contributed by atoms with Gasteiger partial charge in [-0.1, -0.05) is 19.4 Å². The fourth-order valence-corrected chi connectivity index (χ4v) is 2.09. The largest absolute Gasteiger partial charge is 0.443 e. The van der Waals surface area contributed by atoms with Gasteiger partial charge in [0.25, 0.3) is 0 Å². The van der Waals surface area contributed by atoms with Gasteiger partial charge < -0.3 is 4.42 Å². The zero-order valence-electron chi connectivity index (χ0n) is 9.04. The second-order valence-electron chi connectivity index (χ2n) is 3.76. The Labute approximate surface area is 99.2 Å². The molecule has 0 bridgehead atoms. The maximum atomic E-state index is 12.5. The molecule has 0 fully saturated rings. The molecule has 0 unspecified atom stereocenters. The van der Waals surface area contributed by atoms with Gasteiger partial charge in [-0.25, -0.2) is 4.98 Å². The van der Waals surface area contributed by atoms with Gasteiger partial charge >= 0.3 is 10.2 Å². The van der Waals surface area contributed by atoms with Gasteiger partial charge in [-0.05, 0) is 31.2 Å². The quantitative estimate of drug-likeness (QED) is 0.699. The van der Waals surface area contributed by atoms with E-state index in [2.05, 4.69) is 4.98 Å². The molecule has 1 aromatic carbocycles. The van der Waals surface area contributed by atoms with Crippen molar-refractivity contribution in [1.82, 2.24) is 4.98 Å². The number of oxazole rings is 1. The highest BCUT2D eigenvalue weighted by Crippen LogP contribution is 3.02. The molecule has 0 atom stereocenters. The number of nitrogens with zero attached hydrogens (tertiary/aromatic N) is 1. The van der Waals surface area contributed by atoms with E-state index in [1.807, 2.05) is 0 Å². The molecule has 0 saturated heterocycles. The average Bonchev–Trinajstić information content (AvgIpc) is 2.61. The van der Waals surface area contributed by atoms with E-state index in [0.717, 1.165) is 18.5 Å². The van der Waals surface area contributed by atoms with Crippen molar-refractivity contribution in [1.29, 1.82) is 0 Å². The number of hydrogen-bond acceptors (Lipinski definition) is 2. The molecule has 2 nitrogen and oxygen atoms in total. The van der Waals surface area contributed by atoms with E-state index < -0.39 is 15.1 Å². The van der Waals surface area contributed by atoms with Crippen LogP contribution in [0.15, 0.2) is 40.0 Å². The average molecular weight is 285 g/mol. The molecule has 0 aliphatic carbocycles. The minimum absolute atomic E-state index is 0.253. The SMILES string of the molecule is Cc1ncoc1-c1ccc(S(F)(F)(F)(F)F)cc1. The van der Waals surface area contributed by atoms with Crippen molar-refractivity contribution in [3.05, 3.63) is 36.4 Å². The zero-order chi connectivity index (χ0) is 13.7. The molecule has 18 heavy (non-hydrogen) atoms. The lowest BCUT2D eigenvalue weighted by Crippen LogP contribution is -2.05. The summed E-state index contributed by atoms with van der Waals surface area (Å²) < 4.78 is 67.3. The molecule has 1 heterocycles. The first-order valence-corrected chi connectivity index (χ1v) is 6.67. The Balaban J connectivity index is 2.48. The van der Waals surface area contributed by atoms with E-state index in [9.17, 15) is 19.4 Å². The maximum absolute atomic E-state index is 12.5. The zero-order valence-corrected chi connectivity index (χ0v) is 9.86. The first-order valence-electron chi connectivity index (χ1n) is 4.72. The fourth-order valence-electron chi connectivity index (χ4n) is 1.44. The highest BCUT2D eigenvalue weighted by atomic mass is 32.5. The van der Waals surface area contributed by atoms with Gasteiger partial charge in [-0.15, -0.1) is 0 Å². The summed E-state index contributed by atoms with van der Waals surface area (Å²) in [5.41, 5.74) is 0.727. The Morgan fingerprint density at radius 2 is 1.56 bits per heavy atom. The molecule has 0 radical (unpaired) electrons. The molecule has 8 heteroatoms. The van der Waals surface area contributed by atoms with Crippen LogP contribution in [0.5, 0.6) is 0 Å². The lowest BCUT2D eigenvalue weighted by molar-refractivity contribution is 0.364. The normalized spacial score (nSPS) is 16.1. The monoisotopic (exact) mass is 285 g/mol. The molecule has 2 rings (SSSR count). The van der Waals surface area contributed by atoms with Crippen molar-refractivity contribution in [2.75, 3.05) is 0 Å². The van der Waals surface area contributed by atoms with Crippen molar-refractivity contribution in [2.24, 2.45) is 0 Å². The Morgan fingerprint density at radius 3 is 1.94 bits per heavy atom. The summed E-state index contributed by atoms with van der Waals surface area (Å²) in [6.07, 6.45) is 1.13. The first-order chi connectivity index (χ1) is 7.97. The van der Waals surface area contributed by atoms with Gasteiger partial charge in [0.15, 0.2) is 12.2 Å². The van der Waals surface area contributed by atoms with Crippen molar-refractivity contribution in [3.63, 3.8) is 0 Å². The molecule has 0 aliphatic rings. The Hall–Kier alpha value is -1.57. The van der Waals surface area contributed by atoms with Gasteiger partial charge in [-0.2, -0.15) is 0 Å². The van der Waals surface area contributed by atoms with Crippen LogP contribution in [-0.4, -0.2) is 4.98 Å². The summed E-state index contributed by atoms with van der Waals surface area (Å²) in [5, 5.41) is 0. The summed E-state index contributed by atoms with van der Waals surface area (Å²) >= 11 is 0. The molecule has 100 valence electrons. The molecule has 0 amide bonds. The predicted molar refractivity (Wildman–Crippen MR) is 58.1 cm³/mol.